The number of hydrogen-bond donors (Lipinski definition) is 0. The van der Waals surface area contributed by atoms with Gasteiger partial charge in [0.2, 0.25) is 0 Å². The fourth-order valence-corrected chi connectivity index (χ4v) is 3.54. The Morgan fingerprint density at radius 2 is 2.28 bits per heavy atom. The maximum Gasteiger partial charge on any atom is 0.0732 e. The summed E-state index contributed by atoms with van der Waals surface area (Å²) < 4.78 is 6.07. The van der Waals surface area contributed by atoms with Gasteiger partial charge in [-0.15, -0.1) is 6.58 Å². The van der Waals surface area contributed by atoms with E-state index in [9.17, 15) is 0 Å². The van der Waals surface area contributed by atoms with Crippen molar-refractivity contribution in [1.29, 1.82) is 0 Å². The van der Waals surface area contributed by atoms with Gasteiger partial charge in [0, 0.05) is 11.3 Å². The number of allylic oxidation sites excluding steroid dienone is 2. The third-order valence-corrected chi connectivity index (χ3v) is 4.39. The first-order chi connectivity index (χ1) is 8.45. The van der Waals surface area contributed by atoms with E-state index in [0.717, 1.165) is 13.0 Å². The SMILES string of the molecule is C=CC1=CC(C)(C)[C@H]2OC[C@@H](CCCC(=C)C)[C@@H]12. The molecule has 1 heteroatoms. The molecule has 0 aromatic carbocycles. The maximum atomic E-state index is 6.07. The third kappa shape index (κ3) is 2.47. The Labute approximate surface area is 112 Å². The Balaban J connectivity index is 2.02. The van der Waals surface area contributed by atoms with E-state index in [0.29, 0.717) is 17.9 Å². The predicted molar refractivity (Wildman–Crippen MR) is 77.4 cm³/mol. The zero-order valence-corrected chi connectivity index (χ0v) is 12.0. The highest BCUT2D eigenvalue weighted by Crippen LogP contribution is 2.50. The van der Waals surface area contributed by atoms with E-state index in [1.165, 1.54) is 24.0 Å². The maximum absolute atomic E-state index is 6.07. The minimum absolute atomic E-state index is 0.164. The lowest BCUT2D eigenvalue weighted by Gasteiger charge is -2.26. The number of rotatable bonds is 5. The van der Waals surface area contributed by atoms with Crippen LogP contribution in [0, 0.1) is 17.3 Å². The molecule has 18 heavy (non-hydrogen) atoms. The first kappa shape index (κ1) is 13.6. The Hall–Kier alpha value is -0.820. The van der Waals surface area contributed by atoms with Crippen LogP contribution in [-0.4, -0.2) is 12.7 Å². The minimum atomic E-state index is 0.164. The van der Waals surface area contributed by atoms with Crippen LogP contribution >= 0.6 is 0 Å². The molecule has 3 atom stereocenters. The van der Waals surface area contributed by atoms with Crippen molar-refractivity contribution in [2.45, 2.75) is 46.1 Å². The summed E-state index contributed by atoms with van der Waals surface area (Å²) in [6, 6.07) is 0. The molecule has 0 N–H and O–H groups in total. The average Bonchev–Trinajstić information content (AvgIpc) is 2.79. The van der Waals surface area contributed by atoms with E-state index >= 15 is 0 Å². The van der Waals surface area contributed by atoms with Gasteiger partial charge in [-0.2, -0.15) is 0 Å². The number of hydrogen-bond acceptors (Lipinski definition) is 1. The lowest BCUT2D eigenvalue weighted by atomic mass is 9.80. The van der Waals surface area contributed by atoms with Gasteiger partial charge in [-0.3, -0.25) is 0 Å². The number of fused-ring (bicyclic) bond motifs is 1. The van der Waals surface area contributed by atoms with Crippen LogP contribution in [0.15, 0.2) is 36.5 Å². The molecule has 0 amide bonds. The summed E-state index contributed by atoms with van der Waals surface area (Å²) in [5.41, 5.74) is 2.86. The molecule has 1 heterocycles. The topological polar surface area (TPSA) is 9.23 Å². The highest BCUT2D eigenvalue weighted by molar-refractivity contribution is 5.33. The molecule has 1 aliphatic heterocycles. The fraction of sp³-hybridized carbons (Fsp3) is 0.647. The van der Waals surface area contributed by atoms with Crippen molar-refractivity contribution in [1.82, 2.24) is 0 Å². The fourth-order valence-electron chi connectivity index (χ4n) is 3.54. The van der Waals surface area contributed by atoms with Gasteiger partial charge in [0.15, 0.2) is 0 Å². The van der Waals surface area contributed by atoms with Gasteiger partial charge in [-0.05, 0) is 37.7 Å². The van der Waals surface area contributed by atoms with Crippen molar-refractivity contribution in [2.24, 2.45) is 17.3 Å². The van der Waals surface area contributed by atoms with E-state index in [1.807, 2.05) is 6.08 Å². The molecule has 1 nitrogen and oxygen atoms in total. The second-order valence-electron chi connectivity index (χ2n) is 6.56. The van der Waals surface area contributed by atoms with Crippen molar-refractivity contribution in [2.75, 3.05) is 6.61 Å². The lowest BCUT2D eigenvalue weighted by molar-refractivity contribution is 0.0379. The van der Waals surface area contributed by atoms with Crippen molar-refractivity contribution in [3.63, 3.8) is 0 Å². The van der Waals surface area contributed by atoms with Gasteiger partial charge >= 0.3 is 0 Å². The summed E-state index contributed by atoms with van der Waals surface area (Å²) in [5, 5.41) is 0. The Morgan fingerprint density at radius 3 is 2.89 bits per heavy atom. The average molecular weight is 246 g/mol. The van der Waals surface area contributed by atoms with Crippen LogP contribution in [0.1, 0.15) is 40.0 Å². The second-order valence-corrected chi connectivity index (χ2v) is 6.56. The standard InChI is InChI=1S/C17H26O/c1-6-13-10-17(4,5)16-15(13)14(11-18-16)9-7-8-12(2)3/h6,10,14-16H,1-2,7-9,11H2,3-5H3/t14-,15-,16+/m1/s1. The summed E-state index contributed by atoms with van der Waals surface area (Å²) in [6.45, 7) is 15.5. The summed E-state index contributed by atoms with van der Waals surface area (Å²) in [7, 11) is 0. The van der Waals surface area contributed by atoms with Crippen LogP contribution < -0.4 is 0 Å². The molecule has 0 aromatic heterocycles. The summed E-state index contributed by atoms with van der Waals surface area (Å²) in [4.78, 5) is 0. The molecule has 1 fully saturated rings. The zero-order chi connectivity index (χ0) is 13.3. The first-order valence-electron chi connectivity index (χ1n) is 7.07. The second kappa shape index (κ2) is 5.05. The van der Waals surface area contributed by atoms with Gasteiger partial charge in [0.1, 0.15) is 0 Å². The van der Waals surface area contributed by atoms with Crippen molar-refractivity contribution < 1.29 is 4.74 Å². The van der Waals surface area contributed by atoms with Crippen LogP contribution in [0.5, 0.6) is 0 Å². The van der Waals surface area contributed by atoms with Gasteiger partial charge in [0.25, 0.3) is 0 Å². The first-order valence-corrected chi connectivity index (χ1v) is 7.07. The molecular formula is C17H26O. The van der Waals surface area contributed by atoms with Crippen LogP contribution in [0.4, 0.5) is 0 Å². The van der Waals surface area contributed by atoms with E-state index in [4.69, 9.17) is 4.74 Å². The molecule has 0 aromatic rings. The zero-order valence-electron chi connectivity index (χ0n) is 12.0. The third-order valence-electron chi connectivity index (χ3n) is 4.39. The lowest BCUT2D eigenvalue weighted by Crippen LogP contribution is -2.28. The van der Waals surface area contributed by atoms with E-state index in [2.05, 4.69) is 40.0 Å². The Bertz CT molecular complexity index is 375. The van der Waals surface area contributed by atoms with E-state index in [-0.39, 0.29) is 5.41 Å². The molecule has 0 spiro atoms. The molecule has 100 valence electrons. The van der Waals surface area contributed by atoms with Crippen molar-refractivity contribution in [3.05, 3.63) is 36.5 Å². The van der Waals surface area contributed by atoms with Gasteiger partial charge in [-0.1, -0.05) is 38.2 Å². The smallest absolute Gasteiger partial charge is 0.0732 e. The molecule has 2 aliphatic rings. The molecule has 2 rings (SSSR count). The van der Waals surface area contributed by atoms with Crippen LogP contribution in [0.3, 0.4) is 0 Å². The quantitative estimate of drug-likeness (QED) is 0.648. The normalized spacial score (nSPS) is 33.1. The largest absolute Gasteiger partial charge is 0.376 e. The molecule has 0 unspecified atom stereocenters. The highest BCUT2D eigenvalue weighted by atomic mass is 16.5. The molecule has 0 saturated carbocycles. The predicted octanol–water partition coefficient (Wildman–Crippen LogP) is 4.52. The Kier molecular flexibility index (Phi) is 3.82. The molecule has 0 bridgehead atoms. The highest BCUT2D eigenvalue weighted by Gasteiger charge is 2.49. The van der Waals surface area contributed by atoms with Crippen LogP contribution in [-0.2, 0) is 4.74 Å². The van der Waals surface area contributed by atoms with Gasteiger partial charge < -0.3 is 4.74 Å². The summed E-state index contributed by atoms with van der Waals surface area (Å²) in [6.07, 6.45) is 8.38. The van der Waals surface area contributed by atoms with E-state index in [1.54, 1.807) is 0 Å². The summed E-state index contributed by atoms with van der Waals surface area (Å²) in [5.74, 6) is 1.24. The molecule has 1 aliphatic carbocycles. The van der Waals surface area contributed by atoms with Crippen molar-refractivity contribution in [3.8, 4) is 0 Å². The summed E-state index contributed by atoms with van der Waals surface area (Å²) >= 11 is 0. The molecule has 0 radical (unpaired) electrons. The van der Waals surface area contributed by atoms with Gasteiger partial charge in [0.05, 0.1) is 12.7 Å². The Morgan fingerprint density at radius 1 is 1.56 bits per heavy atom. The van der Waals surface area contributed by atoms with Gasteiger partial charge in [-0.25, -0.2) is 0 Å². The van der Waals surface area contributed by atoms with E-state index < -0.39 is 0 Å². The monoisotopic (exact) mass is 246 g/mol. The van der Waals surface area contributed by atoms with Crippen molar-refractivity contribution >= 4 is 0 Å². The molecular weight excluding hydrogens is 220 g/mol. The number of ether oxygens (including phenoxy) is 1. The molecule has 1 saturated heterocycles. The van der Waals surface area contributed by atoms with Crippen LogP contribution in [0.2, 0.25) is 0 Å². The van der Waals surface area contributed by atoms with Crippen LogP contribution in [0.25, 0.3) is 0 Å². The minimum Gasteiger partial charge on any atom is -0.376 e.